The number of piperazine rings is 1. The molecule has 2 rings (SSSR count). The SMILES string of the molecule is CC(=O)N1CCN(C(=O)CCC(=O)OCC(=O)Nc2ccc(C)c(Cl)c2)CC1. The van der Waals surface area contributed by atoms with E-state index in [1.54, 1.807) is 28.0 Å². The average Bonchev–Trinajstić information content (AvgIpc) is 2.67. The molecule has 0 atom stereocenters. The van der Waals surface area contributed by atoms with Crippen molar-refractivity contribution in [1.82, 2.24) is 9.80 Å². The monoisotopic (exact) mass is 409 g/mol. The first kappa shape index (κ1) is 21.7. The zero-order valence-corrected chi connectivity index (χ0v) is 16.8. The van der Waals surface area contributed by atoms with Crippen molar-refractivity contribution in [2.75, 3.05) is 38.1 Å². The first-order chi connectivity index (χ1) is 13.3. The van der Waals surface area contributed by atoms with Crippen molar-refractivity contribution in [1.29, 1.82) is 0 Å². The van der Waals surface area contributed by atoms with Gasteiger partial charge in [0, 0.05) is 50.2 Å². The summed E-state index contributed by atoms with van der Waals surface area (Å²) in [6.45, 7) is 4.81. The van der Waals surface area contributed by atoms with Gasteiger partial charge in [-0.05, 0) is 24.6 Å². The van der Waals surface area contributed by atoms with E-state index in [4.69, 9.17) is 16.3 Å². The van der Waals surface area contributed by atoms with Gasteiger partial charge in [0.2, 0.25) is 11.8 Å². The van der Waals surface area contributed by atoms with E-state index < -0.39 is 18.5 Å². The van der Waals surface area contributed by atoms with Crippen LogP contribution in [0.5, 0.6) is 0 Å². The van der Waals surface area contributed by atoms with Crippen LogP contribution < -0.4 is 5.32 Å². The summed E-state index contributed by atoms with van der Waals surface area (Å²) in [6, 6.07) is 5.08. The summed E-state index contributed by atoms with van der Waals surface area (Å²) in [4.78, 5) is 50.4. The second-order valence-corrected chi connectivity index (χ2v) is 6.97. The molecule has 0 aromatic heterocycles. The highest BCUT2D eigenvalue weighted by molar-refractivity contribution is 6.31. The molecule has 0 unspecified atom stereocenters. The third-order valence-electron chi connectivity index (χ3n) is 4.44. The summed E-state index contributed by atoms with van der Waals surface area (Å²) in [6.07, 6.45) is -0.0938. The number of ether oxygens (including phenoxy) is 1. The lowest BCUT2D eigenvalue weighted by molar-refractivity contribution is -0.149. The Morgan fingerprint density at radius 3 is 2.32 bits per heavy atom. The van der Waals surface area contributed by atoms with Crippen molar-refractivity contribution in [2.45, 2.75) is 26.7 Å². The van der Waals surface area contributed by atoms with E-state index in [0.717, 1.165) is 5.56 Å². The summed E-state index contributed by atoms with van der Waals surface area (Å²) in [5.74, 6) is -1.28. The number of hydrogen-bond donors (Lipinski definition) is 1. The largest absolute Gasteiger partial charge is 0.456 e. The Bertz CT molecular complexity index is 760. The first-order valence-electron chi connectivity index (χ1n) is 9.01. The molecular formula is C19H24ClN3O5. The average molecular weight is 410 g/mol. The zero-order valence-electron chi connectivity index (χ0n) is 16.0. The van der Waals surface area contributed by atoms with Crippen LogP contribution in [0.4, 0.5) is 5.69 Å². The maximum absolute atomic E-state index is 12.1. The highest BCUT2D eigenvalue weighted by Crippen LogP contribution is 2.19. The van der Waals surface area contributed by atoms with Crippen molar-refractivity contribution in [3.8, 4) is 0 Å². The van der Waals surface area contributed by atoms with Crippen LogP contribution in [0.2, 0.25) is 5.02 Å². The van der Waals surface area contributed by atoms with Gasteiger partial charge in [0.05, 0.1) is 6.42 Å². The summed E-state index contributed by atoms with van der Waals surface area (Å²) in [5.41, 5.74) is 1.40. The highest BCUT2D eigenvalue weighted by atomic mass is 35.5. The van der Waals surface area contributed by atoms with Crippen LogP contribution in [0, 0.1) is 6.92 Å². The van der Waals surface area contributed by atoms with Gasteiger partial charge in [-0.1, -0.05) is 17.7 Å². The van der Waals surface area contributed by atoms with Crippen molar-refractivity contribution in [2.24, 2.45) is 0 Å². The quantitative estimate of drug-likeness (QED) is 0.720. The molecular weight excluding hydrogens is 386 g/mol. The highest BCUT2D eigenvalue weighted by Gasteiger charge is 2.22. The fourth-order valence-corrected chi connectivity index (χ4v) is 2.90. The van der Waals surface area contributed by atoms with Crippen molar-refractivity contribution in [3.05, 3.63) is 28.8 Å². The smallest absolute Gasteiger partial charge is 0.306 e. The lowest BCUT2D eigenvalue weighted by atomic mass is 10.2. The molecule has 1 aromatic carbocycles. The van der Waals surface area contributed by atoms with Crippen LogP contribution in [0.25, 0.3) is 0 Å². The van der Waals surface area contributed by atoms with Crippen molar-refractivity contribution in [3.63, 3.8) is 0 Å². The second-order valence-electron chi connectivity index (χ2n) is 6.56. The topological polar surface area (TPSA) is 96.0 Å². The van der Waals surface area contributed by atoms with E-state index in [0.29, 0.717) is 36.9 Å². The molecule has 8 nitrogen and oxygen atoms in total. The maximum atomic E-state index is 12.1. The van der Waals surface area contributed by atoms with Crippen LogP contribution in [0.1, 0.15) is 25.3 Å². The molecule has 0 bridgehead atoms. The predicted octanol–water partition coefficient (Wildman–Crippen LogP) is 1.60. The van der Waals surface area contributed by atoms with Crippen molar-refractivity contribution < 1.29 is 23.9 Å². The summed E-state index contributed by atoms with van der Waals surface area (Å²) in [7, 11) is 0. The van der Waals surface area contributed by atoms with Gasteiger partial charge in [-0.15, -0.1) is 0 Å². The minimum absolute atomic E-state index is 0.00803. The van der Waals surface area contributed by atoms with Gasteiger partial charge in [-0.25, -0.2) is 0 Å². The number of anilines is 1. The van der Waals surface area contributed by atoms with E-state index in [1.807, 2.05) is 6.92 Å². The van der Waals surface area contributed by atoms with Crippen LogP contribution in [0.3, 0.4) is 0 Å². The Morgan fingerprint density at radius 1 is 1.07 bits per heavy atom. The molecule has 1 N–H and O–H groups in total. The Balaban J connectivity index is 1.66. The summed E-state index contributed by atoms with van der Waals surface area (Å²) >= 11 is 5.99. The van der Waals surface area contributed by atoms with Crippen LogP contribution in [0.15, 0.2) is 18.2 Å². The Kier molecular flexibility index (Phi) is 7.80. The number of rotatable bonds is 6. The molecule has 1 heterocycles. The molecule has 1 aliphatic rings. The minimum atomic E-state index is -0.618. The van der Waals surface area contributed by atoms with Gasteiger partial charge >= 0.3 is 5.97 Å². The molecule has 1 aliphatic heterocycles. The third kappa shape index (κ3) is 6.53. The third-order valence-corrected chi connectivity index (χ3v) is 4.85. The van der Waals surface area contributed by atoms with Gasteiger partial charge in [-0.3, -0.25) is 19.2 Å². The van der Waals surface area contributed by atoms with E-state index in [9.17, 15) is 19.2 Å². The number of amides is 3. The first-order valence-corrected chi connectivity index (χ1v) is 9.39. The fourth-order valence-electron chi connectivity index (χ4n) is 2.72. The molecule has 1 saturated heterocycles. The molecule has 0 aliphatic carbocycles. The van der Waals surface area contributed by atoms with Crippen LogP contribution in [-0.2, 0) is 23.9 Å². The molecule has 1 fully saturated rings. The van der Waals surface area contributed by atoms with E-state index >= 15 is 0 Å². The van der Waals surface area contributed by atoms with Crippen LogP contribution >= 0.6 is 11.6 Å². The van der Waals surface area contributed by atoms with E-state index in [1.165, 1.54) is 6.92 Å². The minimum Gasteiger partial charge on any atom is -0.456 e. The molecule has 152 valence electrons. The Labute approximate surface area is 168 Å². The van der Waals surface area contributed by atoms with Crippen LogP contribution in [-0.4, -0.2) is 66.3 Å². The molecule has 0 saturated carbocycles. The maximum Gasteiger partial charge on any atom is 0.306 e. The molecule has 3 amide bonds. The van der Waals surface area contributed by atoms with Gasteiger partial charge in [-0.2, -0.15) is 0 Å². The fraction of sp³-hybridized carbons (Fsp3) is 0.474. The molecule has 0 radical (unpaired) electrons. The normalized spacial score (nSPS) is 13.8. The zero-order chi connectivity index (χ0) is 20.7. The number of nitrogens with one attached hydrogen (secondary N) is 1. The number of esters is 1. The lowest BCUT2D eigenvalue weighted by Gasteiger charge is -2.34. The van der Waals surface area contributed by atoms with Gasteiger partial charge < -0.3 is 19.9 Å². The second kappa shape index (κ2) is 10.1. The number of carbonyl (C=O) groups is 4. The molecule has 0 spiro atoms. The number of nitrogens with zero attached hydrogens (tertiary/aromatic N) is 2. The predicted molar refractivity (Wildman–Crippen MR) is 104 cm³/mol. The molecule has 1 aromatic rings. The van der Waals surface area contributed by atoms with E-state index in [2.05, 4.69) is 5.32 Å². The van der Waals surface area contributed by atoms with Gasteiger partial charge in [0.1, 0.15) is 0 Å². The Hall–Kier alpha value is -2.61. The Morgan fingerprint density at radius 2 is 1.71 bits per heavy atom. The number of benzene rings is 1. The van der Waals surface area contributed by atoms with E-state index in [-0.39, 0.29) is 24.7 Å². The number of hydrogen-bond acceptors (Lipinski definition) is 5. The number of aryl methyl sites for hydroxylation is 1. The number of carbonyl (C=O) groups excluding carboxylic acids is 4. The van der Waals surface area contributed by atoms with Crippen molar-refractivity contribution >= 4 is 41.0 Å². The molecule has 28 heavy (non-hydrogen) atoms. The summed E-state index contributed by atoms with van der Waals surface area (Å²) < 4.78 is 4.91. The van der Waals surface area contributed by atoms with Gasteiger partial charge in [0.25, 0.3) is 5.91 Å². The standard InChI is InChI=1S/C19H24ClN3O5/c1-13-3-4-15(11-16(13)20)21-17(25)12-28-19(27)6-5-18(26)23-9-7-22(8-10-23)14(2)24/h3-4,11H,5-10,12H2,1-2H3,(H,21,25). The summed E-state index contributed by atoms with van der Waals surface area (Å²) in [5, 5.41) is 3.11. The molecule has 9 heteroatoms. The lowest BCUT2D eigenvalue weighted by Crippen LogP contribution is -2.50. The van der Waals surface area contributed by atoms with Gasteiger partial charge in [0.15, 0.2) is 6.61 Å². The number of halogens is 1.